The Morgan fingerprint density at radius 3 is 3.00 bits per heavy atom. The van der Waals surface area contributed by atoms with Crippen LogP contribution in [0.25, 0.3) is 0 Å². The Balaban J connectivity index is 1.56. The molecule has 1 aliphatic carbocycles. The van der Waals surface area contributed by atoms with Crippen LogP contribution in [0.5, 0.6) is 0 Å². The summed E-state index contributed by atoms with van der Waals surface area (Å²) in [6, 6.07) is 1.74. The van der Waals surface area contributed by atoms with E-state index in [1.54, 1.807) is 17.8 Å². The van der Waals surface area contributed by atoms with Crippen LogP contribution in [-0.2, 0) is 4.79 Å². The van der Waals surface area contributed by atoms with Crippen molar-refractivity contribution in [3.8, 4) is 0 Å². The highest BCUT2D eigenvalue weighted by atomic mass is 32.2. The number of amides is 1. The summed E-state index contributed by atoms with van der Waals surface area (Å²) in [4.78, 5) is 11.6. The molecule has 1 aliphatic rings. The van der Waals surface area contributed by atoms with Gasteiger partial charge in [-0.15, -0.1) is 11.8 Å². The Kier molecular flexibility index (Phi) is 5.79. The number of hydrogen-bond acceptors (Lipinski definition) is 4. The van der Waals surface area contributed by atoms with Crippen molar-refractivity contribution in [2.75, 3.05) is 12.3 Å². The lowest BCUT2D eigenvalue weighted by molar-refractivity contribution is -0.118. The first-order valence-corrected chi connectivity index (χ1v) is 7.89. The Bertz CT molecular complexity index is 374. The predicted octanol–water partition coefficient (Wildman–Crippen LogP) is 2.50. The van der Waals surface area contributed by atoms with Crippen LogP contribution in [0.4, 0.5) is 0 Å². The van der Waals surface area contributed by atoms with E-state index in [1.165, 1.54) is 38.2 Å². The van der Waals surface area contributed by atoms with E-state index in [0.717, 1.165) is 5.56 Å². The molecule has 0 aliphatic heterocycles. The van der Waals surface area contributed by atoms with Crippen LogP contribution >= 0.6 is 11.8 Å². The number of rotatable bonds is 7. The van der Waals surface area contributed by atoms with Gasteiger partial charge in [0.2, 0.25) is 5.91 Å². The molecule has 1 saturated carbocycles. The minimum Gasteiger partial charge on any atom is -0.472 e. The van der Waals surface area contributed by atoms with Crippen LogP contribution in [0.1, 0.15) is 43.8 Å². The van der Waals surface area contributed by atoms with E-state index >= 15 is 0 Å². The lowest BCUT2D eigenvalue weighted by Gasteiger charge is -2.11. The van der Waals surface area contributed by atoms with Crippen molar-refractivity contribution >= 4 is 17.7 Å². The van der Waals surface area contributed by atoms with E-state index in [-0.39, 0.29) is 5.91 Å². The topological polar surface area (TPSA) is 62.5 Å². The monoisotopic (exact) mass is 283 g/mol. The fourth-order valence-corrected chi connectivity index (χ4v) is 3.43. The second kappa shape index (κ2) is 7.60. The molecule has 4 nitrogen and oxygen atoms in total. The number of carbonyl (C=O) groups excluding carboxylic acids is 1. The van der Waals surface area contributed by atoms with Crippen LogP contribution in [-0.4, -0.2) is 28.6 Å². The van der Waals surface area contributed by atoms with E-state index in [1.807, 2.05) is 0 Å². The molecule has 2 rings (SSSR count). The van der Waals surface area contributed by atoms with Crippen molar-refractivity contribution in [3.05, 3.63) is 24.2 Å². The van der Waals surface area contributed by atoms with Crippen LogP contribution in [0.3, 0.4) is 0 Å². The summed E-state index contributed by atoms with van der Waals surface area (Å²) in [6.07, 6.45) is 8.11. The first kappa shape index (κ1) is 14.5. The van der Waals surface area contributed by atoms with Crippen LogP contribution in [0.2, 0.25) is 0 Å². The van der Waals surface area contributed by atoms with E-state index in [4.69, 9.17) is 4.42 Å². The Hall–Kier alpha value is -0.940. The van der Waals surface area contributed by atoms with Crippen LogP contribution in [0, 0.1) is 0 Å². The van der Waals surface area contributed by atoms with Crippen molar-refractivity contribution in [1.82, 2.24) is 5.32 Å². The number of thioether (sulfide) groups is 1. The highest BCUT2D eigenvalue weighted by Gasteiger charge is 2.16. The predicted molar refractivity (Wildman–Crippen MR) is 76.0 cm³/mol. The summed E-state index contributed by atoms with van der Waals surface area (Å²) >= 11 is 1.76. The largest absolute Gasteiger partial charge is 0.472 e. The molecule has 5 heteroatoms. The Morgan fingerprint density at radius 2 is 2.32 bits per heavy atom. The summed E-state index contributed by atoms with van der Waals surface area (Å²) < 4.78 is 4.91. The molecule has 0 spiro atoms. The molecule has 19 heavy (non-hydrogen) atoms. The van der Waals surface area contributed by atoms with Gasteiger partial charge in [0.15, 0.2) is 0 Å². The van der Waals surface area contributed by atoms with Crippen molar-refractivity contribution < 1.29 is 14.3 Å². The number of nitrogens with one attached hydrogen (secondary N) is 1. The highest BCUT2D eigenvalue weighted by Crippen LogP contribution is 2.29. The van der Waals surface area contributed by atoms with Crippen molar-refractivity contribution in [1.29, 1.82) is 0 Å². The van der Waals surface area contributed by atoms with Crippen LogP contribution in [0.15, 0.2) is 23.0 Å². The van der Waals surface area contributed by atoms with Gasteiger partial charge in [-0.2, -0.15) is 0 Å². The zero-order chi connectivity index (χ0) is 13.5. The molecule has 106 valence electrons. The molecule has 1 amide bonds. The first-order valence-electron chi connectivity index (χ1n) is 6.84. The summed E-state index contributed by atoms with van der Waals surface area (Å²) in [5.41, 5.74) is 0.759. The average molecular weight is 283 g/mol. The minimum absolute atomic E-state index is 0.0660. The molecule has 1 heterocycles. The van der Waals surface area contributed by atoms with E-state index in [0.29, 0.717) is 24.0 Å². The van der Waals surface area contributed by atoms with Gasteiger partial charge < -0.3 is 14.8 Å². The molecule has 0 radical (unpaired) electrons. The number of aliphatic hydroxyl groups excluding tert-OH is 1. The summed E-state index contributed by atoms with van der Waals surface area (Å²) in [5, 5.41) is 13.3. The second-order valence-corrected chi connectivity index (χ2v) is 6.22. The average Bonchev–Trinajstić information content (AvgIpc) is 3.09. The normalized spacial score (nSPS) is 17.5. The second-order valence-electron chi connectivity index (χ2n) is 4.93. The SMILES string of the molecule is O=C(CSC1CCCC1)NCCC(O)c1ccoc1. The maximum atomic E-state index is 11.6. The minimum atomic E-state index is -0.568. The molecular weight excluding hydrogens is 262 g/mol. The lowest BCUT2D eigenvalue weighted by Crippen LogP contribution is -2.27. The number of aliphatic hydroxyl groups is 1. The van der Waals surface area contributed by atoms with Crippen molar-refractivity contribution in [2.24, 2.45) is 0 Å². The maximum absolute atomic E-state index is 11.6. The van der Waals surface area contributed by atoms with Gasteiger partial charge >= 0.3 is 0 Å². The molecule has 1 fully saturated rings. The van der Waals surface area contributed by atoms with Gasteiger partial charge in [-0.25, -0.2) is 0 Å². The van der Waals surface area contributed by atoms with Gasteiger partial charge in [-0.3, -0.25) is 4.79 Å². The van der Waals surface area contributed by atoms with Gasteiger partial charge in [-0.05, 0) is 25.3 Å². The fourth-order valence-electron chi connectivity index (χ4n) is 2.28. The van der Waals surface area contributed by atoms with Crippen molar-refractivity contribution in [2.45, 2.75) is 43.5 Å². The standard InChI is InChI=1S/C14H21NO3S/c16-13(11-6-8-18-9-11)5-7-15-14(17)10-19-12-3-1-2-4-12/h6,8-9,12-13,16H,1-5,7,10H2,(H,15,17). The smallest absolute Gasteiger partial charge is 0.230 e. The quantitative estimate of drug-likeness (QED) is 0.807. The molecule has 1 unspecified atom stereocenters. The molecule has 0 aromatic carbocycles. The molecule has 0 bridgehead atoms. The van der Waals surface area contributed by atoms with Gasteiger partial charge in [0.1, 0.15) is 0 Å². The molecular formula is C14H21NO3S. The summed E-state index contributed by atoms with van der Waals surface area (Å²) in [6.45, 7) is 0.496. The summed E-state index contributed by atoms with van der Waals surface area (Å²) in [5.74, 6) is 0.600. The van der Waals surface area contributed by atoms with Gasteiger partial charge in [0.05, 0.1) is 24.4 Å². The highest BCUT2D eigenvalue weighted by molar-refractivity contribution is 8.00. The van der Waals surface area contributed by atoms with Gasteiger partial charge in [-0.1, -0.05) is 12.8 Å². The maximum Gasteiger partial charge on any atom is 0.230 e. The summed E-state index contributed by atoms with van der Waals surface area (Å²) in [7, 11) is 0. The number of carbonyl (C=O) groups is 1. The number of hydrogen-bond donors (Lipinski definition) is 2. The molecule has 0 saturated heterocycles. The third-order valence-electron chi connectivity index (χ3n) is 3.42. The third-order valence-corrected chi connectivity index (χ3v) is 4.79. The van der Waals surface area contributed by atoms with E-state index < -0.39 is 6.10 Å². The van der Waals surface area contributed by atoms with E-state index in [9.17, 15) is 9.90 Å². The fraction of sp³-hybridized carbons (Fsp3) is 0.643. The molecule has 2 N–H and O–H groups in total. The van der Waals surface area contributed by atoms with Gasteiger partial charge in [0.25, 0.3) is 0 Å². The zero-order valence-corrected chi connectivity index (χ0v) is 11.8. The molecule has 1 aromatic heterocycles. The first-order chi connectivity index (χ1) is 9.25. The van der Waals surface area contributed by atoms with Gasteiger partial charge in [0, 0.05) is 17.4 Å². The Labute approximate surface area is 117 Å². The molecule has 1 atom stereocenters. The van der Waals surface area contributed by atoms with Crippen molar-refractivity contribution in [3.63, 3.8) is 0 Å². The lowest BCUT2D eigenvalue weighted by atomic mass is 10.1. The number of furan rings is 1. The van der Waals surface area contributed by atoms with Crippen LogP contribution < -0.4 is 5.32 Å². The third kappa shape index (κ3) is 4.91. The molecule has 1 aromatic rings. The zero-order valence-electron chi connectivity index (χ0n) is 11.0. The van der Waals surface area contributed by atoms with E-state index in [2.05, 4.69) is 5.32 Å². The Morgan fingerprint density at radius 1 is 1.53 bits per heavy atom.